The Morgan fingerprint density at radius 2 is 1.93 bits per heavy atom. The summed E-state index contributed by atoms with van der Waals surface area (Å²) in [5.74, 6) is 0.445. The summed E-state index contributed by atoms with van der Waals surface area (Å²) in [4.78, 5) is 24.4. The molecular weight excluding hydrogens is 354 g/mol. The maximum atomic E-state index is 12.3. The van der Waals surface area contributed by atoms with Crippen molar-refractivity contribution in [3.05, 3.63) is 81.6 Å². The number of hydrogen-bond donors (Lipinski definition) is 1. The van der Waals surface area contributed by atoms with E-state index >= 15 is 0 Å². The molecule has 1 N–H and O–H groups in total. The van der Waals surface area contributed by atoms with E-state index in [1.54, 1.807) is 13.2 Å². The molecule has 6 heteroatoms. The van der Waals surface area contributed by atoms with Crippen molar-refractivity contribution in [2.45, 2.75) is 26.9 Å². The number of hydrogen-bond acceptors (Lipinski definition) is 4. The summed E-state index contributed by atoms with van der Waals surface area (Å²) in [7, 11) is 1.60. The minimum Gasteiger partial charge on any atom is -0.497 e. The fourth-order valence-corrected chi connectivity index (χ4v) is 2.98. The maximum Gasteiger partial charge on any atom is 0.267 e. The number of aryl methyl sites for hydroxylation is 2. The number of amides is 1. The third-order valence-electron chi connectivity index (χ3n) is 4.44. The van der Waals surface area contributed by atoms with E-state index in [0.29, 0.717) is 12.2 Å². The second-order valence-electron chi connectivity index (χ2n) is 6.66. The highest BCUT2D eigenvalue weighted by Gasteiger charge is 2.10. The zero-order chi connectivity index (χ0) is 20.1. The number of ether oxygens (including phenoxy) is 1. The molecule has 2 aromatic carbocycles. The van der Waals surface area contributed by atoms with Gasteiger partial charge in [-0.05, 0) is 43.2 Å². The Labute approximate surface area is 163 Å². The first kappa shape index (κ1) is 19.4. The van der Waals surface area contributed by atoms with Gasteiger partial charge >= 0.3 is 0 Å². The molecule has 0 saturated carbocycles. The Morgan fingerprint density at radius 1 is 1.11 bits per heavy atom. The average molecular weight is 377 g/mol. The third kappa shape index (κ3) is 4.65. The Kier molecular flexibility index (Phi) is 5.89. The summed E-state index contributed by atoms with van der Waals surface area (Å²) >= 11 is 0. The van der Waals surface area contributed by atoms with Crippen LogP contribution in [-0.2, 0) is 17.9 Å². The largest absolute Gasteiger partial charge is 0.497 e. The SMILES string of the molecule is COc1cccc(CNC(=O)Cn2nc(-c3ccc(C)cc3C)ccc2=O)c1. The van der Waals surface area contributed by atoms with E-state index in [0.717, 1.165) is 28.0 Å². The molecule has 6 nitrogen and oxygen atoms in total. The monoisotopic (exact) mass is 377 g/mol. The molecule has 0 saturated heterocycles. The molecule has 1 amide bonds. The molecule has 0 spiro atoms. The molecule has 144 valence electrons. The fourth-order valence-electron chi connectivity index (χ4n) is 2.98. The average Bonchev–Trinajstić information content (AvgIpc) is 2.68. The normalized spacial score (nSPS) is 10.5. The first-order chi connectivity index (χ1) is 13.5. The van der Waals surface area contributed by atoms with Crippen molar-refractivity contribution < 1.29 is 9.53 Å². The maximum absolute atomic E-state index is 12.3. The number of nitrogens with zero attached hydrogens (tertiary/aromatic N) is 2. The van der Waals surface area contributed by atoms with Crippen molar-refractivity contribution in [3.8, 4) is 17.0 Å². The summed E-state index contributed by atoms with van der Waals surface area (Å²) in [6.07, 6.45) is 0. The summed E-state index contributed by atoms with van der Waals surface area (Å²) < 4.78 is 6.37. The van der Waals surface area contributed by atoms with E-state index in [4.69, 9.17) is 4.74 Å². The summed E-state index contributed by atoms with van der Waals surface area (Å²) in [5, 5.41) is 7.19. The van der Waals surface area contributed by atoms with Crippen LogP contribution in [0.25, 0.3) is 11.3 Å². The van der Waals surface area contributed by atoms with Crippen LogP contribution < -0.4 is 15.6 Å². The van der Waals surface area contributed by atoms with E-state index < -0.39 is 0 Å². The molecule has 0 unspecified atom stereocenters. The van der Waals surface area contributed by atoms with Gasteiger partial charge in [0, 0.05) is 18.2 Å². The first-order valence-corrected chi connectivity index (χ1v) is 9.01. The molecule has 0 aliphatic carbocycles. The number of carbonyl (C=O) groups is 1. The van der Waals surface area contributed by atoms with Gasteiger partial charge in [-0.25, -0.2) is 4.68 Å². The Balaban J connectivity index is 1.72. The molecule has 1 aromatic heterocycles. The predicted octanol–water partition coefficient (Wildman–Crippen LogP) is 2.85. The van der Waals surface area contributed by atoms with Gasteiger partial charge in [-0.1, -0.05) is 35.9 Å². The van der Waals surface area contributed by atoms with E-state index in [-0.39, 0.29) is 18.0 Å². The van der Waals surface area contributed by atoms with Crippen LogP contribution >= 0.6 is 0 Å². The van der Waals surface area contributed by atoms with Crippen LogP contribution in [0.4, 0.5) is 0 Å². The van der Waals surface area contributed by atoms with Gasteiger partial charge in [0.15, 0.2) is 0 Å². The second kappa shape index (κ2) is 8.52. The van der Waals surface area contributed by atoms with Gasteiger partial charge < -0.3 is 10.1 Å². The Hall–Kier alpha value is -3.41. The van der Waals surface area contributed by atoms with E-state index in [9.17, 15) is 9.59 Å². The standard InChI is InChI=1S/C22H23N3O3/c1-15-7-8-19(16(2)11-15)20-9-10-22(27)25(24-20)14-21(26)23-13-17-5-4-6-18(12-17)28-3/h4-12H,13-14H2,1-3H3,(H,23,26). The lowest BCUT2D eigenvalue weighted by molar-refractivity contribution is -0.122. The molecule has 0 bridgehead atoms. The van der Waals surface area contributed by atoms with Crippen molar-refractivity contribution in [1.29, 1.82) is 0 Å². The molecule has 3 aromatic rings. The van der Waals surface area contributed by atoms with Gasteiger partial charge in [-0.15, -0.1) is 0 Å². The van der Waals surface area contributed by atoms with E-state index in [1.165, 1.54) is 10.7 Å². The van der Waals surface area contributed by atoms with Gasteiger partial charge in [-0.2, -0.15) is 5.10 Å². The summed E-state index contributed by atoms with van der Waals surface area (Å²) in [5.41, 5.74) is 4.43. The summed E-state index contributed by atoms with van der Waals surface area (Å²) in [6, 6.07) is 16.6. The number of aromatic nitrogens is 2. The number of carbonyl (C=O) groups excluding carboxylic acids is 1. The smallest absolute Gasteiger partial charge is 0.267 e. The van der Waals surface area contributed by atoms with Gasteiger partial charge in [0.2, 0.25) is 5.91 Å². The molecule has 0 aliphatic heterocycles. The quantitative estimate of drug-likeness (QED) is 0.717. The van der Waals surface area contributed by atoms with Crippen LogP contribution in [0.5, 0.6) is 5.75 Å². The highest BCUT2D eigenvalue weighted by Crippen LogP contribution is 2.21. The van der Waals surface area contributed by atoms with Crippen molar-refractivity contribution >= 4 is 5.91 Å². The van der Waals surface area contributed by atoms with Crippen LogP contribution in [0.2, 0.25) is 0 Å². The van der Waals surface area contributed by atoms with Crippen molar-refractivity contribution in [3.63, 3.8) is 0 Å². The van der Waals surface area contributed by atoms with Crippen LogP contribution in [0, 0.1) is 13.8 Å². The first-order valence-electron chi connectivity index (χ1n) is 9.01. The molecule has 3 rings (SSSR count). The van der Waals surface area contributed by atoms with Crippen LogP contribution in [0.3, 0.4) is 0 Å². The fraction of sp³-hybridized carbons (Fsp3) is 0.227. The Morgan fingerprint density at radius 3 is 2.68 bits per heavy atom. The number of methoxy groups -OCH3 is 1. The third-order valence-corrected chi connectivity index (χ3v) is 4.44. The highest BCUT2D eigenvalue weighted by molar-refractivity contribution is 5.75. The van der Waals surface area contributed by atoms with Crippen LogP contribution in [0.15, 0.2) is 59.4 Å². The van der Waals surface area contributed by atoms with E-state index in [2.05, 4.69) is 16.5 Å². The number of nitrogens with one attached hydrogen (secondary N) is 1. The minimum atomic E-state index is -0.315. The second-order valence-corrected chi connectivity index (χ2v) is 6.66. The summed E-state index contributed by atoms with van der Waals surface area (Å²) in [6.45, 7) is 4.24. The predicted molar refractivity (Wildman–Crippen MR) is 108 cm³/mol. The zero-order valence-electron chi connectivity index (χ0n) is 16.2. The lowest BCUT2D eigenvalue weighted by Crippen LogP contribution is -2.33. The molecular formula is C22H23N3O3. The minimum absolute atomic E-state index is 0.137. The molecule has 0 fully saturated rings. The zero-order valence-corrected chi connectivity index (χ0v) is 16.2. The lowest BCUT2D eigenvalue weighted by Gasteiger charge is -2.10. The van der Waals surface area contributed by atoms with Crippen LogP contribution in [-0.4, -0.2) is 22.8 Å². The molecule has 0 radical (unpaired) electrons. The van der Waals surface area contributed by atoms with E-state index in [1.807, 2.05) is 50.2 Å². The topological polar surface area (TPSA) is 73.2 Å². The van der Waals surface area contributed by atoms with Crippen molar-refractivity contribution in [1.82, 2.24) is 15.1 Å². The highest BCUT2D eigenvalue weighted by atomic mass is 16.5. The lowest BCUT2D eigenvalue weighted by atomic mass is 10.0. The van der Waals surface area contributed by atoms with Gasteiger partial charge in [0.05, 0.1) is 12.8 Å². The van der Waals surface area contributed by atoms with Crippen molar-refractivity contribution in [2.24, 2.45) is 0 Å². The molecule has 0 atom stereocenters. The van der Waals surface area contributed by atoms with Gasteiger partial charge in [-0.3, -0.25) is 9.59 Å². The number of rotatable bonds is 6. The molecule has 1 heterocycles. The van der Waals surface area contributed by atoms with Gasteiger partial charge in [0.1, 0.15) is 12.3 Å². The number of benzene rings is 2. The Bertz CT molecular complexity index is 1060. The molecule has 28 heavy (non-hydrogen) atoms. The molecule has 0 aliphatic rings. The van der Waals surface area contributed by atoms with Crippen LogP contribution in [0.1, 0.15) is 16.7 Å². The van der Waals surface area contributed by atoms with Crippen molar-refractivity contribution in [2.75, 3.05) is 7.11 Å². The van der Waals surface area contributed by atoms with Gasteiger partial charge in [0.25, 0.3) is 5.56 Å².